The van der Waals surface area contributed by atoms with Crippen molar-refractivity contribution in [3.63, 3.8) is 0 Å². The number of aliphatic imine (C=N–C) groups is 1. The smallest absolute Gasteiger partial charge is 0.245 e. The number of aromatic nitrogens is 1. The second-order valence-corrected chi connectivity index (χ2v) is 16.5. The number of para-hydroxylation sites is 1. The molecule has 0 aliphatic rings. The molecule has 0 saturated carbocycles. The summed E-state index contributed by atoms with van der Waals surface area (Å²) >= 11 is 0. The normalized spacial score (nSPS) is 13.5. The Morgan fingerprint density at radius 3 is 1.79 bits per heavy atom. The number of hydrogen-bond donors (Lipinski definition) is 16. The Labute approximate surface area is 404 Å². The Balaban J connectivity index is 1.96. The van der Waals surface area contributed by atoms with Gasteiger partial charge >= 0.3 is 0 Å². The molecule has 388 valence electrons. The predicted molar refractivity (Wildman–Crippen MR) is 256 cm³/mol. The lowest BCUT2D eigenvalue weighted by atomic mass is 10.0. The van der Waals surface area contributed by atoms with Crippen molar-refractivity contribution in [2.45, 2.75) is 102 Å². The quantitative estimate of drug-likeness (QED) is 0.0184. The Bertz CT molecular complexity index is 2140. The maximum Gasteiger partial charge on any atom is 0.245 e. The van der Waals surface area contributed by atoms with E-state index in [1.54, 1.807) is 33.0 Å². The lowest BCUT2D eigenvalue weighted by molar-refractivity contribution is -0.135. The molecule has 21 N–H and O–H groups in total. The molecule has 2 aromatic rings. The number of nitrogens with one attached hydrogen (secondary N) is 10. The Morgan fingerprint density at radius 2 is 1.20 bits per heavy atom. The van der Waals surface area contributed by atoms with E-state index in [9.17, 15) is 53.1 Å². The summed E-state index contributed by atoms with van der Waals surface area (Å²) in [6, 6.07) is -0.00431. The van der Waals surface area contributed by atoms with Gasteiger partial charge in [0.2, 0.25) is 59.1 Å². The molecule has 0 bridgehead atoms. The molecule has 0 aliphatic heterocycles. The Hall–Kier alpha value is -7.39. The number of H-pyrrole nitrogens is 1. The van der Waals surface area contributed by atoms with Crippen LogP contribution < -0.4 is 76.5 Å². The van der Waals surface area contributed by atoms with Crippen LogP contribution in [0.4, 0.5) is 0 Å². The van der Waals surface area contributed by atoms with Gasteiger partial charge in [0.05, 0.1) is 38.8 Å². The fraction of sp³-hybridized carbons (Fsp3) is 0.558. The summed E-state index contributed by atoms with van der Waals surface area (Å²) in [5.74, 6) is -8.46. The van der Waals surface area contributed by atoms with Crippen molar-refractivity contribution in [2.75, 3.05) is 45.9 Å². The van der Waals surface area contributed by atoms with E-state index in [2.05, 4.69) is 57.8 Å². The molecule has 5 unspecified atom stereocenters. The minimum Gasteiger partial charge on any atom is -0.394 e. The molecule has 0 fully saturated rings. The average Bonchev–Trinajstić information content (AvgIpc) is 3.73. The number of aromatic amines is 1. The zero-order valence-electron chi connectivity index (χ0n) is 39.7. The van der Waals surface area contributed by atoms with Crippen LogP contribution in [0, 0.1) is 5.92 Å². The number of amides is 10. The van der Waals surface area contributed by atoms with E-state index < -0.39 is 134 Å². The first-order chi connectivity index (χ1) is 33.2. The molecule has 27 nitrogen and oxygen atoms in total. The van der Waals surface area contributed by atoms with E-state index in [0.29, 0.717) is 31.4 Å². The van der Waals surface area contributed by atoms with Gasteiger partial charge in [-0.2, -0.15) is 0 Å². The summed E-state index contributed by atoms with van der Waals surface area (Å²) in [5, 5.41) is 32.5. The SMILES string of the molecule is CCC(NC(=O)C(CCCCN)NC(=O)CNC(=O)C(N)CCCN=C(N)N)C(=O)NC(C(=O)NCC(=O)NC(CO)C(=O)NCC(=O)N[C@@H](Cc1c[nH]c2ccccc12)C(=O)NCC(N)=O)C(C)C. The first-order valence-corrected chi connectivity index (χ1v) is 22.8. The number of nitrogens with zero attached hydrogens (tertiary/aromatic N) is 1. The number of aliphatic hydroxyl groups is 1. The molecule has 2 rings (SSSR count). The number of hydrogen-bond acceptors (Lipinski definition) is 14. The van der Waals surface area contributed by atoms with Gasteiger partial charge in [-0.05, 0) is 62.6 Å². The maximum atomic E-state index is 13.5. The largest absolute Gasteiger partial charge is 0.394 e. The molecule has 1 aromatic carbocycles. The fourth-order valence-corrected chi connectivity index (χ4v) is 6.65. The minimum absolute atomic E-state index is 0.00248. The highest BCUT2D eigenvalue weighted by molar-refractivity contribution is 5.97. The molecule has 0 aliphatic carbocycles. The number of carbonyl (C=O) groups excluding carboxylic acids is 10. The summed E-state index contributed by atoms with van der Waals surface area (Å²) in [6.45, 7) is 2.14. The van der Waals surface area contributed by atoms with Gasteiger partial charge in [-0.15, -0.1) is 0 Å². The molecule has 27 heteroatoms. The maximum absolute atomic E-state index is 13.5. The van der Waals surface area contributed by atoms with Gasteiger partial charge in [0.25, 0.3) is 0 Å². The second kappa shape index (κ2) is 30.9. The van der Waals surface area contributed by atoms with E-state index in [1.165, 1.54) is 0 Å². The number of carbonyl (C=O) groups is 10. The van der Waals surface area contributed by atoms with Gasteiger partial charge in [0.15, 0.2) is 5.96 Å². The zero-order chi connectivity index (χ0) is 52.3. The first-order valence-electron chi connectivity index (χ1n) is 22.8. The third kappa shape index (κ3) is 21.3. The Kier molecular flexibility index (Phi) is 25.9. The number of fused-ring (bicyclic) bond motifs is 1. The summed E-state index contributed by atoms with van der Waals surface area (Å²) < 4.78 is 0. The monoisotopic (exact) mass is 987 g/mol. The highest BCUT2D eigenvalue weighted by Crippen LogP contribution is 2.19. The highest BCUT2D eigenvalue weighted by Gasteiger charge is 2.31. The molecular weight excluding hydrogens is 917 g/mol. The van der Waals surface area contributed by atoms with Crippen LogP contribution in [-0.4, -0.2) is 157 Å². The highest BCUT2D eigenvalue weighted by atomic mass is 16.3. The van der Waals surface area contributed by atoms with Gasteiger partial charge in [-0.3, -0.25) is 52.9 Å². The van der Waals surface area contributed by atoms with Crippen LogP contribution >= 0.6 is 0 Å². The lowest BCUT2D eigenvalue weighted by Crippen LogP contribution is -2.58. The molecule has 70 heavy (non-hydrogen) atoms. The summed E-state index contributed by atoms with van der Waals surface area (Å²) in [5.41, 5.74) is 28.7. The standard InChI is InChI=1S/C43H70N16O11/c1-4-27(58-41(69)29(13-7-8-14-44)55-33(62)19-52-37(65)26(45)11-9-15-49-43(47)48)40(68)59-36(23(2)3)42(70)54-21-35(64)57-31(22-60)39(67)53-20-34(63)56-30(38(66)51-18-32(46)61)16-24-17-50-28-12-6-5-10-25(24)28/h5-6,10,12,17,23,26-27,29-31,36,50,60H,4,7-9,11,13-16,18-22,44-45H2,1-3H3,(H2,46,61)(H,51,66)(H,52,65)(H,53,67)(H,54,70)(H,55,62)(H,56,63)(H,57,64)(H,58,69)(H,59,68)(H4,47,48,49)/t26?,27?,29?,30-,31?,36?/m0/s1. The van der Waals surface area contributed by atoms with Gasteiger partial charge in [0, 0.05) is 30.1 Å². The second-order valence-electron chi connectivity index (χ2n) is 16.5. The van der Waals surface area contributed by atoms with E-state index in [-0.39, 0.29) is 38.2 Å². The first kappa shape index (κ1) is 58.7. The van der Waals surface area contributed by atoms with Crippen molar-refractivity contribution in [1.29, 1.82) is 0 Å². The predicted octanol–water partition coefficient (Wildman–Crippen LogP) is -6.35. The fourth-order valence-electron chi connectivity index (χ4n) is 6.65. The van der Waals surface area contributed by atoms with Crippen LogP contribution in [-0.2, 0) is 54.4 Å². The molecule has 0 radical (unpaired) electrons. The summed E-state index contributed by atoms with van der Waals surface area (Å²) in [4.78, 5) is 135. The van der Waals surface area contributed by atoms with Crippen molar-refractivity contribution >= 4 is 75.9 Å². The molecule has 10 amide bonds. The third-order valence-corrected chi connectivity index (χ3v) is 10.5. The zero-order valence-corrected chi connectivity index (χ0v) is 39.7. The van der Waals surface area contributed by atoms with Crippen molar-refractivity contribution < 1.29 is 53.1 Å². The molecule has 6 atom stereocenters. The topological polar surface area (TPSA) is 457 Å². The number of rotatable bonds is 32. The average molecular weight is 987 g/mol. The van der Waals surface area contributed by atoms with Crippen LogP contribution in [0.3, 0.4) is 0 Å². The van der Waals surface area contributed by atoms with Gasteiger partial charge in [-0.1, -0.05) is 39.0 Å². The minimum atomic E-state index is -1.58. The number of benzene rings is 1. The molecule has 0 saturated heterocycles. The summed E-state index contributed by atoms with van der Waals surface area (Å²) in [7, 11) is 0. The number of primary amides is 1. The van der Waals surface area contributed by atoms with Crippen LogP contribution in [0.2, 0.25) is 0 Å². The lowest BCUT2D eigenvalue weighted by Gasteiger charge is -2.26. The van der Waals surface area contributed by atoms with Gasteiger partial charge < -0.3 is 86.6 Å². The van der Waals surface area contributed by atoms with Crippen LogP contribution in [0.25, 0.3) is 10.9 Å². The van der Waals surface area contributed by atoms with Crippen LogP contribution in [0.5, 0.6) is 0 Å². The third-order valence-electron chi connectivity index (χ3n) is 10.5. The van der Waals surface area contributed by atoms with Crippen molar-refractivity contribution in [3.05, 3.63) is 36.0 Å². The Morgan fingerprint density at radius 1 is 0.643 bits per heavy atom. The molecule has 0 spiro atoms. The van der Waals surface area contributed by atoms with Gasteiger partial charge in [-0.25, -0.2) is 0 Å². The number of guanidine groups is 1. The van der Waals surface area contributed by atoms with Crippen molar-refractivity contribution in [1.82, 2.24) is 52.8 Å². The number of aliphatic hydroxyl groups excluding tert-OH is 1. The van der Waals surface area contributed by atoms with Crippen LogP contribution in [0.1, 0.15) is 64.9 Å². The van der Waals surface area contributed by atoms with E-state index in [1.807, 2.05) is 18.2 Å². The van der Waals surface area contributed by atoms with E-state index in [4.69, 9.17) is 28.7 Å². The number of unbranched alkanes of at least 4 members (excludes halogenated alkanes) is 1. The van der Waals surface area contributed by atoms with Gasteiger partial charge in [0.1, 0.15) is 30.2 Å². The number of nitrogens with two attached hydrogens (primary N) is 5. The van der Waals surface area contributed by atoms with E-state index >= 15 is 0 Å². The van der Waals surface area contributed by atoms with Crippen molar-refractivity contribution in [3.8, 4) is 0 Å². The van der Waals surface area contributed by atoms with Crippen molar-refractivity contribution in [2.24, 2.45) is 39.6 Å². The van der Waals surface area contributed by atoms with Crippen LogP contribution in [0.15, 0.2) is 35.5 Å². The molecular formula is C43H70N16O11. The molecule has 1 heterocycles. The van der Waals surface area contributed by atoms with E-state index in [0.717, 1.165) is 10.9 Å². The molecule has 1 aromatic heterocycles. The summed E-state index contributed by atoms with van der Waals surface area (Å²) in [6.07, 6.45) is 3.49.